The summed E-state index contributed by atoms with van der Waals surface area (Å²) >= 11 is 0. The van der Waals surface area contributed by atoms with Crippen molar-refractivity contribution in [2.45, 2.75) is 26.7 Å². The van der Waals surface area contributed by atoms with Crippen molar-refractivity contribution in [3.05, 3.63) is 29.3 Å². The third-order valence-corrected chi connectivity index (χ3v) is 6.04. The highest BCUT2D eigenvalue weighted by atomic mass is 16.7. The number of ether oxygens (including phenoxy) is 2. The van der Waals surface area contributed by atoms with Gasteiger partial charge in [-0.15, -0.1) is 0 Å². The van der Waals surface area contributed by atoms with Crippen LogP contribution in [0.3, 0.4) is 0 Å². The molecule has 1 saturated heterocycles. The van der Waals surface area contributed by atoms with Gasteiger partial charge in [0, 0.05) is 6.07 Å². The first-order valence-corrected chi connectivity index (χ1v) is 8.52. The number of hydrogen-bond donors (Lipinski definition) is 0. The molecule has 5 rings (SSSR count). The van der Waals surface area contributed by atoms with Crippen LogP contribution < -0.4 is 14.4 Å². The van der Waals surface area contributed by atoms with Gasteiger partial charge in [0.25, 0.3) is 0 Å². The van der Waals surface area contributed by atoms with Crippen molar-refractivity contribution in [2.75, 3.05) is 11.7 Å². The third-order valence-electron chi connectivity index (χ3n) is 6.04. The number of benzene rings is 1. The molecule has 124 valence electrons. The second-order valence-corrected chi connectivity index (χ2v) is 7.35. The Hall–Kier alpha value is -2.30. The summed E-state index contributed by atoms with van der Waals surface area (Å²) in [7, 11) is 0. The zero-order valence-corrected chi connectivity index (χ0v) is 13.7. The number of anilines is 1. The highest BCUT2D eigenvalue weighted by Crippen LogP contribution is 2.60. The highest BCUT2D eigenvalue weighted by molar-refractivity contribution is 6.23. The van der Waals surface area contributed by atoms with Crippen molar-refractivity contribution < 1.29 is 19.1 Å². The first kappa shape index (κ1) is 14.1. The molecule has 0 spiro atoms. The Labute approximate surface area is 140 Å². The van der Waals surface area contributed by atoms with Crippen LogP contribution in [0.15, 0.2) is 29.3 Å². The Kier molecular flexibility index (Phi) is 2.71. The molecule has 2 amide bonds. The van der Waals surface area contributed by atoms with E-state index in [0.717, 1.165) is 12.8 Å². The number of rotatable bonds is 1. The molecule has 0 unspecified atom stereocenters. The van der Waals surface area contributed by atoms with Gasteiger partial charge in [-0.2, -0.15) is 0 Å². The van der Waals surface area contributed by atoms with E-state index in [4.69, 9.17) is 9.47 Å². The van der Waals surface area contributed by atoms with Gasteiger partial charge in [-0.3, -0.25) is 9.59 Å². The van der Waals surface area contributed by atoms with Gasteiger partial charge in [0.1, 0.15) is 0 Å². The van der Waals surface area contributed by atoms with E-state index in [0.29, 0.717) is 17.2 Å². The van der Waals surface area contributed by atoms with Crippen molar-refractivity contribution in [1.82, 2.24) is 0 Å². The van der Waals surface area contributed by atoms with Crippen LogP contribution in [0.4, 0.5) is 5.69 Å². The minimum atomic E-state index is -0.174. The fraction of sp³-hybridized carbons (Fsp3) is 0.474. The normalized spacial score (nSPS) is 32.8. The number of imide groups is 1. The molecule has 2 aliphatic carbocycles. The Balaban J connectivity index is 1.55. The Morgan fingerprint density at radius 2 is 1.62 bits per heavy atom. The molecule has 0 radical (unpaired) electrons. The molecule has 5 heteroatoms. The van der Waals surface area contributed by atoms with Crippen LogP contribution in [-0.4, -0.2) is 18.6 Å². The molecule has 4 aliphatic rings. The predicted octanol–water partition coefficient (Wildman–Crippen LogP) is 2.90. The first-order valence-electron chi connectivity index (χ1n) is 8.52. The van der Waals surface area contributed by atoms with Crippen molar-refractivity contribution in [1.29, 1.82) is 0 Å². The van der Waals surface area contributed by atoms with E-state index in [1.165, 1.54) is 16.0 Å². The van der Waals surface area contributed by atoms with Crippen molar-refractivity contribution >= 4 is 17.5 Å². The van der Waals surface area contributed by atoms with Crippen molar-refractivity contribution in [3.63, 3.8) is 0 Å². The van der Waals surface area contributed by atoms with E-state index in [1.807, 2.05) is 0 Å². The summed E-state index contributed by atoms with van der Waals surface area (Å²) in [6, 6.07) is 5.28. The summed E-state index contributed by atoms with van der Waals surface area (Å²) in [5, 5.41) is 0. The molecule has 1 aromatic rings. The first-order chi connectivity index (χ1) is 11.6. The molecule has 2 saturated carbocycles. The zero-order chi connectivity index (χ0) is 16.6. The van der Waals surface area contributed by atoms with Crippen molar-refractivity contribution in [3.8, 4) is 11.5 Å². The van der Waals surface area contributed by atoms with E-state index in [9.17, 15) is 9.59 Å². The SMILES string of the molecule is CC(C)=C1[C@H]2CC[C@H]1[C@@H]1C(=O)N(c3ccc4c(c3)OCO4)C(=O)[C@H]12. The largest absolute Gasteiger partial charge is 0.454 e. The lowest BCUT2D eigenvalue weighted by atomic mass is 9.81. The van der Waals surface area contributed by atoms with Gasteiger partial charge in [0.2, 0.25) is 18.6 Å². The third kappa shape index (κ3) is 1.60. The number of fused-ring (bicyclic) bond motifs is 6. The molecule has 1 aromatic carbocycles. The predicted molar refractivity (Wildman–Crippen MR) is 86.6 cm³/mol. The van der Waals surface area contributed by atoms with Crippen LogP contribution in [0.2, 0.25) is 0 Å². The lowest BCUT2D eigenvalue weighted by Gasteiger charge is -2.19. The maximum Gasteiger partial charge on any atom is 0.238 e. The minimum Gasteiger partial charge on any atom is -0.454 e. The van der Waals surface area contributed by atoms with Gasteiger partial charge in [-0.1, -0.05) is 11.1 Å². The molecule has 5 nitrogen and oxygen atoms in total. The average Bonchev–Trinajstić information content (AvgIpc) is 3.29. The summed E-state index contributed by atoms with van der Waals surface area (Å²) < 4.78 is 10.7. The molecule has 2 heterocycles. The van der Waals surface area contributed by atoms with Crippen LogP contribution in [0.25, 0.3) is 0 Å². The Bertz CT molecular complexity index is 776. The van der Waals surface area contributed by atoms with E-state index < -0.39 is 0 Å². The van der Waals surface area contributed by atoms with E-state index >= 15 is 0 Å². The molecule has 3 fully saturated rings. The number of allylic oxidation sites excluding steroid dienone is 2. The average molecular weight is 325 g/mol. The maximum absolute atomic E-state index is 13.1. The summed E-state index contributed by atoms with van der Waals surface area (Å²) in [6.07, 6.45) is 2.06. The fourth-order valence-corrected chi connectivity index (χ4v) is 5.27. The topological polar surface area (TPSA) is 55.8 Å². The molecule has 2 aliphatic heterocycles. The van der Waals surface area contributed by atoms with Crippen molar-refractivity contribution in [2.24, 2.45) is 23.7 Å². The van der Waals surface area contributed by atoms with Crippen LogP contribution in [0.5, 0.6) is 11.5 Å². The second kappa shape index (κ2) is 4.62. The van der Waals surface area contributed by atoms with E-state index in [1.54, 1.807) is 18.2 Å². The van der Waals surface area contributed by atoms with Gasteiger partial charge in [-0.05, 0) is 50.7 Å². The van der Waals surface area contributed by atoms with Gasteiger partial charge in [-0.25, -0.2) is 4.90 Å². The minimum absolute atomic E-state index is 0.0465. The number of carbonyl (C=O) groups excluding carboxylic acids is 2. The lowest BCUT2D eigenvalue weighted by Crippen LogP contribution is -2.33. The standard InChI is InChI=1S/C19H19NO4/c1-9(2)15-11-4-5-12(15)17-16(11)18(21)20(19(17)22)10-3-6-13-14(7-10)24-8-23-13/h3,6-7,11-12,16-17H,4-5,8H2,1-2H3/t11-,12-,16+,17+/m1/s1. The van der Waals surface area contributed by atoms with Crippen LogP contribution in [0, 0.1) is 23.7 Å². The highest BCUT2D eigenvalue weighted by Gasteiger charge is 2.63. The molecular weight excluding hydrogens is 306 g/mol. The molecule has 2 bridgehead atoms. The summed E-state index contributed by atoms with van der Waals surface area (Å²) in [5.41, 5.74) is 3.26. The molecule has 0 N–H and O–H groups in total. The van der Waals surface area contributed by atoms with E-state index in [-0.39, 0.29) is 42.3 Å². The number of hydrogen-bond acceptors (Lipinski definition) is 4. The lowest BCUT2D eigenvalue weighted by molar-refractivity contribution is -0.123. The fourth-order valence-electron chi connectivity index (χ4n) is 5.27. The smallest absolute Gasteiger partial charge is 0.238 e. The number of amides is 2. The van der Waals surface area contributed by atoms with Gasteiger partial charge >= 0.3 is 0 Å². The molecule has 24 heavy (non-hydrogen) atoms. The zero-order valence-electron chi connectivity index (χ0n) is 13.7. The maximum atomic E-state index is 13.1. The summed E-state index contributed by atoms with van der Waals surface area (Å²) in [5.74, 6) is 1.31. The quantitative estimate of drug-likeness (QED) is 0.588. The molecular formula is C19H19NO4. The van der Waals surface area contributed by atoms with Crippen LogP contribution >= 0.6 is 0 Å². The van der Waals surface area contributed by atoms with E-state index in [2.05, 4.69) is 13.8 Å². The Morgan fingerprint density at radius 3 is 2.25 bits per heavy atom. The van der Waals surface area contributed by atoms with Gasteiger partial charge in [0.15, 0.2) is 11.5 Å². The van der Waals surface area contributed by atoms with Gasteiger partial charge in [0.05, 0.1) is 17.5 Å². The van der Waals surface area contributed by atoms with Crippen LogP contribution in [0.1, 0.15) is 26.7 Å². The monoisotopic (exact) mass is 325 g/mol. The molecule has 4 atom stereocenters. The Morgan fingerprint density at radius 1 is 1.00 bits per heavy atom. The summed E-state index contributed by atoms with van der Waals surface area (Å²) in [6.45, 7) is 4.39. The second-order valence-electron chi connectivity index (χ2n) is 7.35. The summed E-state index contributed by atoms with van der Waals surface area (Å²) in [4.78, 5) is 27.5. The number of nitrogens with zero attached hydrogens (tertiary/aromatic N) is 1. The van der Waals surface area contributed by atoms with Gasteiger partial charge < -0.3 is 9.47 Å². The number of carbonyl (C=O) groups is 2. The molecule has 0 aromatic heterocycles. The van der Waals surface area contributed by atoms with Crippen LogP contribution in [-0.2, 0) is 9.59 Å².